The second-order valence-corrected chi connectivity index (χ2v) is 7.19. The Balaban J connectivity index is 1.83. The monoisotopic (exact) mass is 401 g/mol. The zero-order valence-corrected chi connectivity index (χ0v) is 16.6. The van der Waals surface area contributed by atoms with Crippen molar-refractivity contribution in [2.24, 2.45) is 0 Å². The molecule has 2 aromatic rings. The van der Waals surface area contributed by atoms with Crippen LogP contribution < -0.4 is 15.0 Å². The Morgan fingerprint density at radius 3 is 2.69 bits per heavy atom. The molecule has 1 fully saturated rings. The lowest BCUT2D eigenvalue weighted by Gasteiger charge is -2.19. The van der Waals surface area contributed by atoms with Crippen LogP contribution in [0.5, 0.6) is 17.2 Å². The minimum Gasteiger partial charge on any atom is -0.507 e. The van der Waals surface area contributed by atoms with Crippen molar-refractivity contribution in [3.8, 4) is 17.2 Å². The second kappa shape index (κ2) is 7.44. The van der Waals surface area contributed by atoms with Crippen molar-refractivity contribution in [3.63, 3.8) is 0 Å². The minimum absolute atomic E-state index is 0.0212. The quantitative estimate of drug-likeness (QED) is 0.768. The smallest absolute Gasteiger partial charge is 0.343 e. The summed E-state index contributed by atoms with van der Waals surface area (Å²) < 4.78 is 23.3. The number of hydrogen-bond acceptors (Lipinski definition) is 7. The van der Waals surface area contributed by atoms with Crippen molar-refractivity contribution < 1.29 is 28.8 Å². The number of aromatic nitrogens is 1. The van der Waals surface area contributed by atoms with Gasteiger partial charge >= 0.3 is 5.97 Å². The Bertz CT molecular complexity index is 1020. The molecule has 8 nitrogen and oxygen atoms in total. The third-order valence-corrected chi connectivity index (χ3v) is 5.48. The van der Waals surface area contributed by atoms with E-state index in [1.54, 1.807) is 23.6 Å². The number of hydrogen-bond donors (Lipinski definition) is 1. The van der Waals surface area contributed by atoms with Gasteiger partial charge in [-0.2, -0.15) is 0 Å². The lowest BCUT2D eigenvalue weighted by Crippen LogP contribution is -2.31. The van der Waals surface area contributed by atoms with Crippen LogP contribution in [0, 0.1) is 6.92 Å². The molecule has 2 aliphatic rings. The molecule has 1 saturated heterocycles. The van der Waals surface area contributed by atoms with Crippen LogP contribution in [0.1, 0.15) is 46.1 Å². The van der Waals surface area contributed by atoms with Gasteiger partial charge in [-0.05, 0) is 31.9 Å². The normalized spacial score (nSPS) is 20.4. The average molecular weight is 401 g/mol. The van der Waals surface area contributed by atoms with E-state index in [1.165, 1.54) is 20.3 Å². The maximum absolute atomic E-state index is 13.3. The summed E-state index contributed by atoms with van der Waals surface area (Å²) >= 11 is 0. The van der Waals surface area contributed by atoms with Gasteiger partial charge in [0.2, 0.25) is 0 Å². The molecule has 0 spiro atoms. The van der Waals surface area contributed by atoms with Gasteiger partial charge in [0.05, 0.1) is 26.9 Å². The number of carbonyl (C=O) groups excluding carboxylic acids is 1. The van der Waals surface area contributed by atoms with E-state index in [0.717, 1.165) is 12.8 Å². The van der Waals surface area contributed by atoms with Crippen molar-refractivity contribution in [1.29, 1.82) is 0 Å². The number of methoxy groups -OCH3 is 2. The van der Waals surface area contributed by atoms with Crippen molar-refractivity contribution in [1.82, 2.24) is 4.57 Å². The summed E-state index contributed by atoms with van der Waals surface area (Å²) in [4.78, 5) is 25.9. The van der Waals surface area contributed by atoms with E-state index in [1.807, 2.05) is 0 Å². The number of cyclic esters (lactones) is 1. The molecule has 2 aliphatic heterocycles. The van der Waals surface area contributed by atoms with Crippen molar-refractivity contribution in [3.05, 3.63) is 50.9 Å². The zero-order chi connectivity index (χ0) is 20.7. The number of esters is 1. The fourth-order valence-electron chi connectivity index (χ4n) is 4.05. The van der Waals surface area contributed by atoms with Crippen LogP contribution in [0.15, 0.2) is 23.0 Å². The number of benzene rings is 1. The molecule has 4 rings (SSSR count). The van der Waals surface area contributed by atoms with Crippen LogP contribution in [0.4, 0.5) is 0 Å². The molecule has 3 heterocycles. The number of rotatable bonds is 5. The highest BCUT2D eigenvalue weighted by Gasteiger charge is 2.40. The van der Waals surface area contributed by atoms with Gasteiger partial charge in [-0.25, -0.2) is 4.79 Å². The van der Waals surface area contributed by atoms with E-state index in [2.05, 4.69) is 0 Å². The molecule has 0 aliphatic carbocycles. The molecule has 0 bridgehead atoms. The summed E-state index contributed by atoms with van der Waals surface area (Å²) in [6.07, 6.45) is 0.756. The van der Waals surface area contributed by atoms with E-state index in [4.69, 9.17) is 18.9 Å². The molecule has 1 aromatic carbocycles. The molecule has 29 heavy (non-hydrogen) atoms. The topological polar surface area (TPSA) is 96.2 Å². The summed E-state index contributed by atoms with van der Waals surface area (Å²) in [5.74, 6) is -0.223. The summed E-state index contributed by atoms with van der Waals surface area (Å²) in [6, 6.07) is 4.80. The van der Waals surface area contributed by atoms with Gasteiger partial charge in [0.1, 0.15) is 16.9 Å². The predicted molar refractivity (Wildman–Crippen MR) is 103 cm³/mol. The number of carbonyl (C=O) groups is 1. The predicted octanol–water partition coefficient (Wildman–Crippen LogP) is 2.32. The van der Waals surface area contributed by atoms with Crippen molar-refractivity contribution >= 4 is 5.97 Å². The summed E-state index contributed by atoms with van der Waals surface area (Å²) in [6.45, 7) is 2.82. The fourth-order valence-corrected chi connectivity index (χ4v) is 4.05. The number of fused-ring (bicyclic) bond motifs is 1. The highest BCUT2D eigenvalue weighted by Crippen LogP contribution is 2.45. The molecule has 154 valence electrons. The van der Waals surface area contributed by atoms with E-state index in [-0.39, 0.29) is 28.7 Å². The number of aryl methyl sites for hydroxylation is 1. The van der Waals surface area contributed by atoms with Crippen LogP contribution in [0.3, 0.4) is 0 Å². The van der Waals surface area contributed by atoms with Gasteiger partial charge in [0.15, 0.2) is 17.6 Å². The molecular formula is C21H23NO7. The largest absolute Gasteiger partial charge is 0.507 e. The molecule has 2 atom stereocenters. The Morgan fingerprint density at radius 2 is 2.03 bits per heavy atom. The highest BCUT2D eigenvalue weighted by atomic mass is 16.6. The Hall–Kier alpha value is -3.00. The molecule has 0 amide bonds. The van der Waals surface area contributed by atoms with Crippen LogP contribution in [-0.4, -0.2) is 42.6 Å². The Morgan fingerprint density at radius 1 is 1.24 bits per heavy atom. The number of aromatic hydroxyl groups is 1. The lowest BCUT2D eigenvalue weighted by molar-refractivity contribution is 0.0446. The second-order valence-electron chi connectivity index (χ2n) is 7.19. The molecule has 8 heteroatoms. The SMILES string of the molecule is COc1ccc2c(c1OC)C(=O)OC2c1c(O)cc(C)n(CC2CCCO2)c1=O. The molecule has 2 unspecified atom stereocenters. The van der Waals surface area contributed by atoms with E-state index in [9.17, 15) is 14.7 Å². The first kappa shape index (κ1) is 19.3. The first-order valence-electron chi connectivity index (χ1n) is 9.47. The molecule has 1 aromatic heterocycles. The van der Waals surface area contributed by atoms with Gasteiger partial charge in [0, 0.05) is 17.9 Å². The van der Waals surface area contributed by atoms with Crippen molar-refractivity contribution in [2.45, 2.75) is 38.5 Å². The van der Waals surface area contributed by atoms with Gasteiger partial charge in [0.25, 0.3) is 5.56 Å². The Kier molecular flexibility index (Phi) is 4.96. The number of nitrogens with zero attached hydrogens (tertiary/aromatic N) is 1. The number of ether oxygens (including phenoxy) is 4. The standard InChI is InChI=1S/C21H23NO7/c1-11-9-14(23)17(20(24)22(11)10-12-5-4-8-28-12)18-13-6-7-15(26-2)19(27-3)16(13)21(25)29-18/h6-7,9,12,18,23H,4-5,8,10H2,1-3H3. The summed E-state index contributed by atoms with van der Waals surface area (Å²) in [7, 11) is 2.90. The summed E-state index contributed by atoms with van der Waals surface area (Å²) in [5.41, 5.74) is 0.879. The zero-order valence-electron chi connectivity index (χ0n) is 16.6. The molecule has 1 N–H and O–H groups in total. The first-order valence-corrected chi connectivity index (χ1v) is 9.47. The van der Waals surface area contributed by atoms with Gasteiger partial charge < -0.3 is 28.6 Å². The van der Waals surface area contributed by atoms with Crippen LogP contribution in [-0.2, 0) is 16.0 Å². The van der Waals surface area contributed by atoms with Gasteiger partial charge in [-0.15, -0.1) is 0 Å². The average Bonchev–Trinajstić information content (AvgIpc) is 3.32. The van der Waals surface area contributed by atoms with Crippen LogP contribution in [0.2, 0.25) is 0 Å². The first-order chi connectivity index (χ1) is 14.0. The molecule has 0 saturated carbocycles. The highest BCUT2D eigenvalue weighted by molar-refractivity contribution is 5.98. The maximum atomic E-state index is 13.3. The third-order valence-electron chi connectivity index (χ3n) is 5.48. The lowest BCUT2D eigenvalue weighted by atomic mass is 9.98. The molecular weight excluding hydrogens is 378 g/mol. The number of pyridine rings is 1. The maximum Gasteiger partial charge on any atom is 0.343 e. The summed E-state index contributed by atoms with van der Waals surface area (Å²) in [5, 5.41) is 10.6. The van der Waals surface area contributed by atoms with Gasteiger partial charge in [-0.1, -0.05) is 6.07 Å². The fraction of sp³-hybridized carbons (Fsp3) is 0.429. The third kappa shape index (κ3) is 3.13. The van der Waals surface area contributed by atoms with Crippen LogP contribution >= 0.6 is 0 Å². The van der Waals surface area contributed by atoms with E-state index < -0.39 is 17.6 Å². The Labute approximate surface area is 167 Å². The molecule has 0 radical (unpaired) electrons. The van der Waals surface area contributed by atoms with E-state index >= 15 is 0 Å². The minimum atomic E-state index is -1.03. The van der Waals surface area contributed by atoms with E-state index in [0.29, 0.717) is 30.2 Å². The van der Waals surface area contributed by atoms with Crippen LogP contribution in [0.25, 0.3) is 0 Å². The van der Waals surface area contributed by atoms with Gasteiger partial charge in [-0.3, -0.25) is 4.79 Å². The van der Waals surface area contributed by atoms with Crippen molar-refractivity contribution in [2.75, 3.05) is 20.8 Å².